The summed E-state index contributed by atoms with van der Waals surface area (Å²) >= 11 is 7.04. The van der Waals surface area contributed by atoms with Gasteiger partial charge in [0.1, 0.15) is 0 Å². The van der Waals surface area contributed by atoms with E-state index in [2.05, 4.69) is 5.32 Å². The molecule has 17 heavy (non-hydrogen) atoms. The van der Waals surface area contributed by atoms with Crippen LogP contribution in [0, 0.1) is 0 Å². The van der Waals surface area contributed by atoms with Crippen LogP contribution < -0.4 is 5.32 Å². The van der Waals surface area contributed by atoms with Gasteiger partial charge in [0.2, 0.25) is 11.0 Å². The molecule has 1 aliphatic rings. The van der Waals surface area contributed by atoms with E-state index < -0.39 is 0 Å². The number of hydrogen-bond donors (Lipinski definition) is 1. The molecule has 0 saturated carbocycles. The predicted molar refractivity (Wildman–Crippen MR) is 69.2 cm³/mol. The molecule has 1 atom stereocenters. The molecule has 1 aromatic carbocycles. The van der Waals surface area contributed by atoms with E-state index in [4.69, 9.17) is 11.6 Å². The average molecular weight is 270 g/mol. The first-order valence-electron chi connectivity index (χ1n) is 5.35. The molecule has 1 fully saturated rings. The van der Waals surface area contributed by atoms with E-state index in [1.54, 1.807) is 12.1 Å². The van der Waals surface area contributed by atoms with Crippen molar-refractivity contribution < 1.29 is 9.59 Å². The highest BCUT2D eigenvalue weighted by Gasteiger charge is 2.26. The molecule has 0 aromatic heterocycles. The summed E-state index contributed by atoms with van der Waals surface area (Å²) in [7, 11) is 0. The highest BCUT2D eigenvalue weighted by molar-refractivity contribution is 8.14. The molecule has 0 spiro atoms. The quantitative estimate of drug-likeness (QED) is 0.913. The largest absolute Gasteiger partial charge is 0.345 e. The lowest BCUT2D eigenvalue weighted by molar-refractivity contribution is -0.124. The Morgan fingerprint density at radius 1 is 1.41 bits per heavy atom. The Morgan fingerprint density at radius 2 is 2.12 bits per heavy atom. The van der Waals surface area contributed by atoms with Gasteiger partial charge < -0.3 is 5.32 Å². The van der Waals surface area contributed by atoms with Crippen molar-refractivity contribution in [1.82, 2.24) is 5.32 Å². The van der Waals surface area contributed by atoms with Crippen molar-refractivity contribution >= 4 is 34.4 Å². The maximum atomic E-state index is 11.7. The van der Waals surface area contributed by atoms with E-state index in [1.807, 2.05) is 12.1 Å². The Kier molecular flexibility index (Phi) is 4.07. The molecule has 90 valence electrons. The molecule has 0 bridgehead atoms. The van der Waals surface area contributed by atoms with Crippen molar-refractivity contribution in [3.8, 4) is 0 Å². The average Bonchev–Trinajstić information content (AvgIpc) is 2.68. The van der Waals surface area contributed by atoms with Crippen LogP contribution >= 0.6 is 23.4 Å². The maximum absolute atomic E-state index is 11.7. The van der Waals surface area contributed by atoms with E-state index in [0.717, 1.165) is 17.7 Å². The summed E-state index contributed by atoms with van der Waals surface area (Å²) in [5.41, 5.74) is 0.894. The lowest BCUT2D eigenvalue weighted by Gasteiger charge is -2.09. The molecule has 1 amide bonds. The number of nitrogens with one attached hydrogen (secondary N) is 1. The van der Waals surface area contributed by atoms with Gasteiger partial charge in [-0.05, 0) is 24.1 Å². The summed E-state index contributed by atoms with van der Waals surface area (Å²) in [4.78, 5) is 23.0. The molecule has 1 heterocycles. The van der Waals surface area contributed by atoms with Gasteiger partial charge in [-0.25, -0.2) is 0 Å². The van der Waals surface area contributed by atoms with Gasteiger partial charge in [0, 0.05) is 10.8 Å². The zero-order valence-corrected chi connectivity index (χ0v) is 10.7. The zero-order valence-electron chi connectivity index (χ0n) is 9.11. The van der Waals surface area contributed by atoms with E-state index >= 15 is 0 Å². The molecule has 3 nitrogen and oxygen atoms in total. The van der Waals surface area contributed by atoms with Crippen LogP contribution in [0.3, 0.4) is 0 Å². The second-order valence-corrected chi connectivity index (χ2v) is 5.42. The summed E-state index contributed by atoms with van der Waals surface area (Å²) < 4.78 is 0. The third-order valence-electron chi connectivity index (χ3n) is 2.55. The van der Waals surface area contributed by atoms with Crippen molar-refractivity contribution in [1.29, 1.82) is 0 Å². The maximum Gasteiger partial charge on any atom is 0.225 e. The number of rotatable bonds is 3. The summed E-state index contributed by atoms with van der Waals surface area (Å²) in [5.74, 6) is 0.679. The predicted octanol–water partition coefficient (Wildman–Crippen LogP) is 2.03. The summed E-state index contributed by atoms with van der Waals surface area (Å²) in [6, 6.07) is 6.82. The van der Waals surface area contributed by atoms with Crippen LogP contribution in [-0.4, -0.2) is 22.8 Å². The number of benzene rings is 1. The van der Waals surface area contributed by atoms with Crippen molar-refractivity contribution in [2.45, 2.75) is 18.9 Å². The minimum atomic E-state index is -0.306. The van der Waals surface area contributed by atoms with Gasteiger partial charge in [-0.2, -0.15) is 0 Å². The fourth-order valence-electron chi connectivity index (χ4n) is 1.66. The fourth-order valence-corrected chi connectivity index (χ4v) is 2.72. The Bertz CT molecular complexity index is 433. The van der Waals surface area contributed by atoms with Crippen LogP contribution in [0.25, 0.3) is 0 Å². The molecular weight excluding hydrogens is 258 g/mol. The normalized spacial score (nSPS) is 19.4. The number of carbonyl (C=O) groups excluding carboxylic acids is 2. The van der Waals surface area contributed by atoms with Crippen LogP contribution in [0.4, 0.5) is 0 Å². The van der Waals surface area contributed by atoms with Gasteiger partial charge >= 0.3 is 0 Å². The van der Waals surface area contributed by atoms with Gasteiger partial charge in [-0.1, -0.05) is 35.5 Å². The fraction of sp³-hybridized carbons (Fsp3) is 0.333. The van der Waals surface area contributed by atoms with Gasteiger partial charge in [-0.15, -0.1) is 0 Å². The van der Waals surface area contributed by atoms with Crippen LogP contribution in [0.5, 0.6) is 0 Å². The van der Waals surface area contributed by atoms with Crippen LogP contribution in [-0.2, 0) is 16.0 Å². The lowest BCUT2D eigenvalue weighted by atomic mass is 10.1. The molecule has 1 aliphatic heterocycles. The molecule has 0 aliphatic carbocycles. The van der Waals surface area contributed by atoms with Crippen molar-refractivity contribution in [2.75, 3.05) is 5.75 Å². The monoisotopic (exact) mass is 269 g/mol. The molecule has 0 unspecified atom stereocenters. The molecule has 1 saturated heterocycles. The Morgan fingerprint density at radius 3 is 2.71 bits per heavy atom. The molecule has 1 aromatic rings. The Labute approximate surface area is 109 Å². The van der Waals surface area contributed by atoms with Crippen LogP contribution in [0.1, 0.15) is 12.0 Å². The standard InChI is InChI=1S/C12H12ClNO2S/c13-9-3-1-8(2-4-9)7-11(15)14-10-5-6-17-12(10)16/h1-4,10H,5-7H2,(H,14,15)/t10-/m1/s1. The minimum Gasteiger partial charge on any atom is -0.345 e. The van der Waals surface area contributed by atoms with Gasteiger partial charge in [0.15, 0.2) is 0 Å². The molecule has 0 radical (unpaired) electrons. The number of carbonyl (C=O) groups is 2. The third kappa shape index (κ3) is 3.48. The van der Waals surface area contributed by atoms with Crippen LogP contribution in [0.15, 0.2) is 24.3 Å². The first kappa shape index (κ1) is 12.5. The lowest BCUT2D eigenvalue weighted by Crippen LogP contribution is -2.38. The second-order valence-electron chi connectivity index (χ2n) is 3.88. The highest BCUT2D eigenvalue weighted by atomic mass is 35.5. The Balaban J connectivity index is 1.88. The summed E-state index contributed by atoms with van der Waals surface area (Å²) in [6.45, 7) is 0. The van der Waals surface area contributed by atoms with Crippen molar-refractivity contribution in [3.63, 3.8) is 0 Å². The van der Waals surface area contributed by atoms with Gasteiger partial charge in [0.05, 0.1) is 12.5 Å². The third-order valence-corrected chi connectivity index (χ3v) is 3.81. The molecular formula is C12H12ClNO2S. The smallest absolute Gasteiger partial charge is 0.225 e. The molecule has 1 N–H and O–H groups in total. The number of thioether (sulfide) groups is 1. The number of amides is 1. The van der Waals surface area contributed by atoms with E-state index in [1.165, 1.54) is 11.8 Å². The van der Waals surface area contributed by atoms with Crippen LogP contribution in [0.2, 0.25) is 5.02 Å². The van der Waals surface area contributed by atoms with E-state index in [0.29, 0.717) is 5.02 Å². The second kappa shape index (κ2) is 5.56. The summed E-state index contributed by atoms with van der Waals surface area (Å²) in [5, 5.41) is 3.46. The zero-order chi connectivity index (χ0) is 12.3. The highest BCUT2D eigenvalue weighted by Crippen LogP contribution is 2.19. The van der Waals surface area contributed by atoms with Crippen molar-refractivity contribution in [3.05, 3.63) is 34.9 Å². The molecule has 5 heteroatoms. The molecule has 2 rings (SSSR count). The first-order chi connectivity index (χ1) is 8.15. The van der Waals surface area contributed by atoms with E-state index in [-0.39, 0.29) is 23.5 Å². The Hall–Kier alpha value is -1.00. The minimum absolute atomic E-state index is 0.0643. The van der Waals surface area contributed by atoms with Crippen molar-refractivity contribution in [2.24, 2.45) is 0 Å². The SMILES string of the molecule is O=C(Cc1ccc(Cl)cc1)N[C@@H]1CCSC1=O. The topological polar surface area (TPSA) is 46.2 Å². The first-order valence-corrected chi connectivity index (χ1v) is 6.72. The van der Waals surface area contributed by atoms with E-state index in [9.17, 15) is 9.59 Å². The van der Waals surface area contributed by atoms with Gasteiger partial charge in [0.25, 0.3) is 0 Å². The van der Waals surface area contributed by atoms with Gasteiger partial charge in [-0.3, -0.25) is 9.59 Å². The summed E-state index contributed by atoms with van der Waals surface area (Å²) in [6.07, 6.45) is 1.02. The number of halogens is 1. The number of hydrogen-bond acceptors (Lipinski definition) is 3.